The molecular formula is C14H28Si2. The summed E-state index contributed by atoms with van der Waals surface area (Å²) < 4.78 is 0. The van der Waals surface area contributed by atoms with Gasteiger partial charge in [-0.3, -0.25) is 0 Å². The molecule has 0 aliphatic rings. The quantitative estimate of drug-likeness (QED) is 0.407. The SMILES string of the molecule is CC(C)([Si])CCCCCCCCC(C)(C)[Si]. The molecule has 0 unspecified atom stereocenters. The van der Waals surface area contributed by atoms with Crippen LogP contribution in [0.4, 0.5) is 0 Å². The highest BCUT2D eigenvalue weighted by Gasteiger charge is 2.10. The van der Waals surface area contributed by atoms with E-state index in [1.54, 1.807) is 0 Å². The van der Waals surface area contributed by atoms with E-state index in [-0.39, 0.29) is 0 Å². The second-order valence-corrected chi connectivity index (χ2v) is 9.10. The zero-order valence-electron chi connectivity index (χ0n) is 11.7. The summed E-state index contributed by atoms with van der Waals surface area (Å²) in [4.78, 5) is 0. The Morgan fingerprint density at radius 2 is 0.812 bits per heavy atom. The Balaban J connectivity index is 3.17. The second kappa shape index (κ2) is 7.70. The first-order valence-corrected chi connectivity index (χ1v) is 7.71. The van der Waals surface area contributed by atoms with Crippen molar-refractivity contribution < 1.29 is 0 Å². The van der Waals surface area contributed by atoms with Crippen LogP contribution in [-0.2, 0) is 0 Å². The molecular weight excluding hydrogens is 224 g/mol. The maximum Gasteiger partial charge on any atom is 0.0305 e. The largest absolute Gasteiger partial charge is 0.0631 e. The number of unbranched alkanes of at least 4 members (excludes halogenated alkanes) is 5. The van der Waals surface area contributed by atoms with Crippen LogP contribution in [0, 0.1) is 0 Å². The van der Waals surface area contributed by atoms with Crippen molar-refractivity contribution in [2.45, 2.75) is 89.1 Å². The fraction of sp³-hybridized carbons (Fsp3) is 1.00. The predicted octanol–water partition coefficient (Wildman–Crippen LogP) is 4.84. The Morgan fingerprint density at radius 3 is 1.06 bits per heavy atom. The summed E-state index contributed by atoms with van der Waals surface area (Å²) in [5.74, 6) is 0. The van der Waals surface area contributed by atoms with E-state index in [4.69, 9.17) is 0 Å². The van der Waals surface area contributed by atoms with Crippen molar-refractivity contribution in [2.24, 2.45) is 0 Å². The third-order valence-electron chi connectivity index (χ3n) is 2.85. The summed E-state index contributed by atoms with van der Waals surface area (Å²) in [6.45, 7) is 9.01. The maximum absolute atomic E-state index is 3.74. The van der Waals surface area contributed by atoms with E-state index in [0.717, 1.165) is 0 Å². The molecule has 0 atom stereocenters. The summed E-state index contributed by atoms with van der Waals surface area (Å²) in [6, 6.07) is 0. The smallest absolute Gasteiger partial charge is 0.0305 e. The molecule has 0 aromatic heterocycles. The van der Waals surface area contributed by atoms with Crippen molar-refractivity contribution in [3.8, 4) is 0 Å². The summed E-state index contributed by atoms with van der Waals surface area (Å²) in [5, 5.41) is 0.666. The van der Waals surface area contributed by atoms with Crippen LogP contribution in [0.3, 0.4) is 0 Å². The zero-order valence-corrected chi connectivity index (χ0v) is 13.7. The lowest BCUT2D eigenvalue weighted by Crippen LogP contribution is -2.02. The molecule has 0 aromatic rings. The Hall–Kier alpha value is 0.434. The van der Waals surface area contributed by atoms with Crippen LogP contribution in [0.5, 0.6) is 0 Å². The van der Waals surface area contributed by atoms with Crippen LogP contribution in [0.2, 0.25) is 10.1 Å². The lowest BCUT2D eigenvalue weighted by molar-refractivity contribution is 0.504. The highest BCUT2D eigenvalue weighted by molar-refractivity contribution is 6.14. The van der Waals surface area contributed by atoms with Gasteiger partial charge in [-0.1, -0.05) is 79.1 Å². The van der Waals surface area contributed by atoms with Gasteiger partial charge < -0.3 is 0 Å². The first-order valence-electron chi connectivity index (χ1n) is 6.71. The molecule has 0 rings (SSSR count). The van der Waals surface area contributed by atoms with Gasteiger partial charge >= 0.3 is 0 Å². The van der Waals surface area contributed by atoms with E-state index in [0.29, 0.717) is 10.1 Å². The summed E-state index contributed by atoms with van der Waals surface area (Å²) >= 11 is 0. The molecule has 16 heavy (non-hydrogen) atoms. The minimum Gasteiger partial charge on any atom is -0.0631 e. The monoisotopic (exact) mass is 252 g/mol. The van der Waals surface area contributed by atoms with Crippen molar-refractivity contribution in [1.29, 1.82) is 0 Å². The molecule has 0 saturated heterocycles. The van der Waals surface area contributed by atoms with E-state index >= 15 is 0 Å². The van der Waals surface area contributed by atoms with E-state index in [9.17, 15) is 0 Å². The molecule has 0 heterocycles. The van der Waals surface area contributed by atoms with Gasteiger partial charge in [-0.05, 0) is 10.1 Å². The van der Waals surface area contributed by atoms with Gasteiger partial charge in [0.1, 0.15) is 0 Å². The first-order chi connectivity index (χ1) is 7.21. The molecule has 0 nitrogen and oxygen atoms in total. The molecule has 0 amide bonds. The minimum absolute atomic E-state index is 0.333. The third-order valence-corrected chi connectivity index (χ3v) is 3.35. The molecule has 0 N–H and O–H groups in total. The molecule has 0 spiro atoms. The van der Waals surface area contributed by atoms with Gasteiger partial charge in [-0.2, -0.15) is 0 Å². The molecule has 92 valence electrons. The van der Waals surface area contributed by atoms with E-state index in [1.165, 1.54) is 51.4 Å². The Bertz CT molecular complexity index is 143. The number of rotatable bonds is 9. The summed E-state index contributed by atoms with van der Waals surface area (Å²) in [5.41, 5.74) is 0. The average Bonchev–Trinajstić information content (AvgIpc) is 2.06. The van der Waals surface area contributed by atoms with Crippen LogP contribution in [0.25, 0.3) is 0 Å². The maximum atomic E-state index is 3.74. The molecule has 0 aromatic carbocycles. The molecule has 0 bridgehead atoms. The second-order valence-electron chi connectivity index (χ2n) is 6.39. The Kier molecular flexibility index (Phi) is 7.91. The van der Waals surface area contributed by atoms with Gasteiger partial charge in [0.15, 0.2) is 0 Å². The van der Waals surface area contributed by atoms with Crippen molar-refractivity contribution in [2.75, 3.05) is 0 Å². The van der Waals surface area contributed by atoms with Crippen molar-refractivity contribution in [3.05, 3.63) is 0 Å². The van der Waals surface area contributed by atoms with Gasteiger partial charge in [0.25, 0.3) is 0 Å². The van der Waals surface area contributed by atoms with E-state index in [2.05, 4.69) is 48.2 Å². The van der Waals surface area contributed by atoms with Crippen LogP contribution >= 0.6 is 0 Å². The van der Waals surface area contributed by atoms with Crippen molar-refractivity contribution in [1.82, 2.24) is 0 Å². The highest BCUT2D eigenvalue weighted by atomic mass is 28.1. The molecule has 0 aliphatic heterocycles. The molecule has 2 heteroatoms. The van der Waals surface area contributed by atoms with Crippen molar-refractivity contribution in [3.63, 3.8) is 0 Å². The average molecular weight is 253 g/mol. The van der Waals surface area contributed by atoms with Gasteiger partial charge in [0.2, 0.25) is 0 Å². The van der Waals surface area contributed by atoms with E-state index in [1.807, 2.05) is 0 Å². The fourth-order valence-electron chi connectivity index (χ4n) is 1.84. The molecule has 6 radical (unpaired) electrons. The molecule has 0 aliphatic carbocycles. The third kappa shape index (κ3) is 14.4. The van der Waals surface area contributed by atoms with Gasteiger partial charge in [0, 0.05) is 20.5 Å². The summed E-state index contributed by atoms with van der Waals surface area (Å²) in [6.07, 6.45) is 10.9. The lowest BCUT2D eigenvalue weighted by atomic mass is 10.0. The van der Waals surface area contributed by atoms with Crippen molar-refractivity contribution >= 4 is 20.5 Å². The van der Waals surface area contributed by atoms with Gasteiger partial charge in [-0.15, -0.1) is 0 Å². The first kappa shape index (κ1) is 16.4. The van der Waals surface area contributed by atoms with Gasteiger partial charge in [-0.25, -0.2) is 0 Å². The number of hydrogen-bond acceptors (Lipinski definition) is 0. The molecule has 0 fully saturated rings. The van der Waals surface area contributed by atoms with Crippen LogP contribution < -0.4 is 0 Å². The normalized spacial score (nSPS) is 13.1. The predicted molar refractivity (Wildman–Crippen MR) is 76.5 cm³/mol. The standard InChI is InChI=1S/C14H28Si2/c1-13(2,15)11-9-7-5-6-8-10-12-14(3,4)16/h5-12H2,1-4H3. The highest BCUT2D eigenvalue weighted by Crippen LogP contribution is 2.28. The van der Waals surface area contributed by atoms with Crippen LogP contribution in [0.1, 0.15) is 79.1 Å². The Morgan fingerprint density at radius 1 is 0.562 bits per heavy atom. The summed E-state index contributed by atoms with van der Waals surface area (Å²) in [7, 11) is 7.48. The number of hydrogen-bond donors (Lipinski definition) is 0. The lowest BCUT2D eigenvalue weighted by Gasteiger charge is -2.18. The molecule has 0 saturated carbocycles. The van der Waals surface area contributed by atoms with Crippen LogP contribution in [-0.4, -0.2) is 20.5 Å². The Labute approximate surface area is 110 Å². The minimum atomic E-state index is 0.333. The topological polar surface area (TPSA) is 0 Å². The fourth-order valence-corrected chi connectivity index (χ4v) is 2.19. The zero-order chi connectivity index (χ0) is 12.7. The van der Waals surface area contributed by atoms with Crippen LogP contribution in [0.15, 0.2) is 0 Å². The van der Waals surface area contributed by atoms with E-state index < -0.39 is 0 Å². The van der Waals surface area contributed by atoms with Gasteiger partial charge in [0.05, 0.1) is 0 Å².